The van der Waals surface area contributed by atoms with E-state index in [-0.39, 0.29) is 11.9 Å². The van der Waals surface area contributed by atoms with Crippen molar-refractivity contribution in [3.05, 3.63) is 35.4 Å². The lowest BCUT2D eigenvalue weighted by molar-refractivity contribution is -0.131. The molecule has 22 heavy (non-hydrogen) atoms. The van der Waals surface area contributed by atoms with Gasteiger partial charge in [0.15, 0.2) is 0 Å². The van der Waals surface area contributed by atoms with Crippen LogP contribution in [0, 0.1) is 6.92 Å². The van der Waals surface area contributed by atoms with Gasteiger partial charge in [-0.15, -0.1) is 0 Å². The molecule has 0 radical (unpaired) electrons. The number of ether oxygens (including phenoxy) is 1. The zero-order chi connectivity index (χ0) is 15.4. The number of aryl methyl sites for hydroxylation is 1. The van der Waals surface area contributed by atoms with Crippen LogP contribution < -0.4 is 10.6 Å². The molecule has 2 fully saturated rings. The highest BCUT2D eigenvalue weighted by atomic mass is 16.5. The molecule has 4 heteroatoms. The first-order valence-electron chi connectivity index (χ1n) is 8.38. The molecule has 0 spiro atoms. The number of nitrogens with one attached hydrogen (secondary N) is 2. The maximum absolute atomic E-state index is 13.1. The molecule has 0 aromatic heterocycles. The van der Waals surface area contributed by atoms with E-state index in [0.717, 1.165) is 38.8 Å². The molecule has 2 saturated heterocycles. The van der Waals surface area contributed by atoms with Gasteiger partial charge in [-0.2, -0.15) is 0 Å². The molecule has 2 N–H and O–H groups in total. The molecule has 0 bridgehead atoms. The van der Waals surface area contributed by atoms with Gasteiger partial charge in [-0.1, -0.05) is 24.3 Å². The Labute approximate surface area is 132 Å². The molecule has 0 saturated carbocycles. The average Bonchev–Trinajstić information content (AvgIpc) is 2.57. The van der Waals surface area contributed by atoms with E-state index in [1.165, 1.54) is 11.1 Å². The van der Waals surface area contributed by atoms with Gasteiger partial charge in [-0.05, 0) is 50.3 Å². The highest BCUT2D eigenvalue weighted by Crippen LogP contribution is 2.37. The highest BCUT2D eigenvalue weighted by molar-refractivity contribution is 5.89. The van der Waals surface area contributed by atoms with E-state index in [1.807, 2.05) is 12.1 Å². The van der Waals surface area contributed by atoms with Crippen LogP contribution in [-0.4, -0.2) is 38.3 Å². The van der Waals surface area contributed by atoms with Crippen molar-refractivity contribution in [1.29, 1.82) is 0 Å². The summed E-state index contributed by atoms with van der Waals surface area (Å²) in [7, 11) is 0. The summed E-state index contributed by atoms with van der Waals surface area (Å²) in [6.07, 6.45) is 3.73. The number of carbonyl (C=O) groups excluding carboxylic acids is 1. The van der Waals surface area contributed by atoms with Gasteiger partial charge in [-0.25, -0.2) is 0 Å². The molecule has 0 aliphatic carbocycles. The van der Waals surface area contributed by atoms with Gasteiger partial charge < -0.3 is 15.4 Å². The van der Waals surface area contributed by atoms with Crippen molar-refractivity contribution in [1.82, 2.24) is 10.6 Å². The largest absolute Gasteiger partial charge is 0.381 e. The Bertz CT molecular complexity index is 518. The molecule has 1 aromatic rings. The first-order valence-corrected chi connectivity index (χ1v) is 8.38. The Morgan fingerprint density at radius 1 is 1.32 bits per heavy atom. The van der Waals surface area contributed by atoms with E-state index in [0.29, 0.717) is 13.2 Å². The maximum Gasteiger partial charge on any atom is 0.231 e. The minimum absolute atomic E-state index is 0.179. The van der Waals surface area contributed by atoms with E-state index in [2.05, 4.69) is 29.7 Å². The Morgan fingerprint density at radius 3 is 2.77 bits per heavy atom. The van der Waals surface area contributed by atoms with E-state index in [4.69, 9.17) is 4.74 Å². The minimum atomic E-state index is -0.430. The number of amides is 1. The molecule has 1 aromatic carbocycles. The van der Waals surface area contributed by atoms with Crippen molar-refractivity contribution in [2.75, 3.05) is 26.3 Å². The Kier molecular flexibility index (Phi) is 4.79. The van der Waals surface area contributed by atoms with Crippen LogP contribution >= 0.6 is 0 Å². The van der Waals surface area contributed by atoms with Crippen LogP contribution in [0.15, 0.2) is 24.3 Å². The summed E-state index contributed by atoms with van der Waals surface area (Å²) in [4.78, 5) is 13.1. The predicted octanol–water partition coefficient (Wildman–Crippen LogP) is 1.91. The molecule has 120 valence electrons. The maximum atomic E-state index is 13.1. The fourth-order valence-corrected chi connectivity index (χ4v) is 3.75. The van der Waals surface area contributed by atoms with Crippen molar-refractivity contribution in [2.24, 2.45) is 0 Å². The van der Waals surface area contributed by atoms with Crippen molar-refractivity contribution in [2.45, 2.75) is 44.1 Å². The third-order valence-corrected chi connectivity index (χ3v) is 5.07. The van der Waals surface area contributed by atoms with Crippen LogP contribution in [0.5, 0.6) is 0 Å². The van der Waals surface area contributed by atoms with Gasteiger partial charge >= 0.3 is 0 Å². The molecule has 2 heterocycles. The second kappa shape index (κ2) is 6.80. The Hall–Kier alpha value is -1.39. The van der Waals surface area contributed by atoms with E-state index in [9.17, 15) is 4.79 Å². The van der Waals surface area contributed by atoms with E-state index >= 15 is 0 Å². The van der Waals surface area contributed by atoms with E-state index in [1.54, 1.807) is 0 Å². The summed E-state index contributed by atoms with van der Waals surface area (Å²) in [6.45, 7) is 5.35. The summed E-state index contributed by atoms with van der Waals surface area (Å²) in [5, 5.41) is 6.67. The molecule has 0 unspecified atom stereocenters. The van der Waals surface area contributed by atoms with Crippen LogP contribution in [-0.2, 0) is 14.9 Å². The second-order valence-electron chi connectivity index (χ2n) is 6.53. The third kappa shape index (κ3) is 3.03. The summed E-state index contributed by atoms with van der Waals surface area (Å²) in [5.74, 6) is 0.179. The van der Waals surface area contributed by atoms with Crippen LogP contribution in [0.25, 0.3) is 0 Å². The predicted molar refractivity (Wildman–Crippen MR) is 86.9 cm³/mol. The first kappa shape index (κ1) is 15.5. The lowest BCUT2D eigenvalue weighted by Crippen LogP contribution is -2.54. The SMILES string of the molecule is Cc1ccccc1C1(C(=O)N[C@H]2CCCNC2)CCOCC1. The van der Waals surface area contributed by atoms with Gasteiger partial charge in [0.1, 0.15) is 0 Å². The second-order valence-corrected chi connectivity index (χ2v) is 6.53. The molecule has 1 atom stereocenters. The standard InChI is InChI=1S/C18H26N2O2/c1-14-5-2-3-7-16(14)18(8-11-22-12-9-18)17(21)20-15-6-4-10-19-13-15/h2-3,5,7,15,19H,4,6,8-13H2,1H3,(H,20,21)/t15-/m0/s1. The van der Waals surface area contributed by atoms with E-state index < -0.39 is 5.41 Å². The number of carbonyl (C=O) groups is 1. The highest BCUT2D eigenvalue weighted by Gasteiger charge is 2.43. The third-order valence-electron chi connectivity index (χ3n) is 5.07. The monoisotopic (exact) mass is 302 g/mol. The number of rotatable bonds is 3. The first-order chi connectivity index (χ1) is 10.7. The lowest BCUT2D eigenvalue weighted by atomic mass is 9.71. The van der Waals surface area contributed by atoms with Gasteiger partial charge in [-0.3, -0.25) is 4.79 Å². The van der Waals surface area contributed by atoms with Gasteiger partial charge in [0.05, 0.1) is 5.41 Å². The zero-order valence-corrected chi connectivity index (χ0v) is 13.4. The molecule has 4 nitrogen and oxygen atoms in total. The van der Waals surface area contributed by atoms with Gasteiger partial charge in [0.2, 0.25) is 5.91 Å². The van der Waals surface area contributed by atoms with Crippen LogP contribution in [0.1, 0.15) is 36.8 Å². The number of piperidine rings is 1. The summed E-state index contributed by atoms with van der Waals surface area (Å²) < 4.78 is 5.53. The van der Waals surface area contributed by atoms with Crippen LogP contribution in [0.4, 0.5) is 0 Å². The molecular weight excluding hydrogens is 276 g/mol. The molecule has 3 rings (SSSR count). The summed E-state index contributed by atoms with van der Waals surface area (Å²) >= 11 is 0. The Morgan fingerprint density at radius 2 is 2.09 bits per heavy atom. The van der Waals surface area contributed by atoms with Gasteiger partial charge in [0, 0.05) is 25.8 Å². The summed E-state index contributed by atoms with van der Waals surface area (Å²) in [5.41, 5.74) is 1.93. The zero-order valence-electron chi connectivity index (χ0n) is 13.4. The molecular formula is C18H26N2O2. The quantitative estimate of drug-likeness (QED) is 0.897. The fourth-order valence-electron chi connectivity index (χ4n) is 3.75. The van der Waals surface area contributed by atoms with Crippen molar-refractivity contribution in [3.63, 3.8) is 0 Å². The lowest BCUT2D eigenvalue weighted by Gasteiger charge is -2.39. The molecule has 2 aliphatic heterocycles. The van der Waals surface area contributed by atoms with Gasteiger partial charge in [0.25, 0.3) is 0 Å². The average molecular weight is 302 g/mol. The number of hydrogen-bond acceptors (Lipinski definition) is 3. The van der Waals surface area contributed by atoms with Crippen molar-refractivity contribution >= 4 is 5.91 Å². The van der Waals surface area contributed by atoms with Crippen molar-refractivity contribution in [3.8, 4) is 0 Å². The normalized spacial score (nSPS) is 24.7. The smallest absolute Gasteiger partial charge is 0.231 e. The number of benzene rings is 1. The molecule has 1 amide bonds. The molecule has 2 aliphatic rings. The van der Waals surface area contributed by atoms with Crippen LogP contribution in [0.3, 0.4) is 0 Å². The van der Waals surface area contributed by atoms with Crippen molar-refractivity contribution < 1.29 is 9.53 Å². The summed E-state index contributed by atoms with van der Waals surface area (Å²) in [6, 6.07) is 8.54. The Balaban J connectivity index is 1.85. The number of hydrogen-bond donors (Lipinski definition) is 2. The van der Waals surface area contributed by atoms with Crippen LogP contribution in [0.2, 0.25) is 0 Å². The fraction of sp³-hybridized carbons (Fsp3) is 0.611. The topological polar surface area (TPSA) is 50.4 Å². The minimum Gasteiger partial charge on any atom is -0.381 e.